The highest BCUT2D eigenvalue weighted by atomic mass is 32.2. The topological polar surface area (TPSA) is 81.4 Å². The number of H-pyrrole nitrogens is 2. The van der Waals surface area contributed by atoms with Crippen molar-refractivity contribution in [3.8, 4) is 33.6 Å². The van der Waals surface area contributed by atoms with Crippen molar-refractivity contribution >= 4 is 23.5 Å². The zero-order valence-electron chi connectivity index (χ0n) is 17.5. The van der Waals surface area contributed by atoms with Gasteiger partial charge < -0.3 is 9.97 Å². The van der Waals surface area contributed by atoms with E-state index in [1.807, 2.05) is 35.9 Å². The van der Waals surface area contributed by atoms with Gasteiger partial charge in [0.1, 0.15) is 11.6 Å². The third kappa shape index (κ3) is 3.77. The number of rotatable bonds is 5. The number of nitrogens with one attached hydrogen (secondary N) is 4. The summed E-state index contributed by atoms with van der Waals surface area (Å²) < 4.78 is 0. The van der Waals surface area contributed by atoms with Gasteiger partial charge in [-0.25, -0.2) is 9.97 Å². The Hall–Kier alpha value is -2.52. The van der Waals surface area contributed by atoms with Gasteiger partial charge in [-0.15, -0.1) is 23.5 Å². The van der Waals surface area contributed by atoms with Crippen molar-refractivity contribution in [1.29, 1.82) is 0 Å². The molecule has 2 saturated heterocycles. The summed E-state index contributed by atoms with van der Waals surface area (Å²) in [6.07, 6.45) is 3.93. The number of aromatic nitrogens is 4. The Balaban J connectivity index is 1.48. The Morgan fingerprint density at radius 2 is 1.31 bits per heavy atom. The highest BCUT2D eigenvalue weighted by Crippen LogP contribution is 2.39. The molecule has 32 heavy (non-hydrogen) atoms. The summed E-state index contributed by atoms with van der Waals surface area (Å²) in [5.74, 6) is 6.02. The van der Waals surface area contributed by atoms with Gasteiger partial charge in [-0.2, -0.15) is 0 Å². The molecule has 0 saturated carbocycles. The number of hydrogen-bond donors (Lipinski definition) is 4. The van der Waals surface area contributed by atoms with Crippen molar-refractivity contribution in [2.45, 2.75) is 12.1 Å². The molecule has 2 fully saturated rings. The van der Waals surface area contributed by atoms with E-state index in [-0.39, 0.29) is 12.1 Å². The van der Waals surface area contributed by atoms with Crippen molar-refractivity contribution in [1.82, 2.24) is 30.6 Å². The highest BCUT2D eigenvalue weighted by Gasteiger charge is 2.24. The van der Waals surface area contributed by atoms with Gasteiger partial charge in [-0.3, -0.25) is 10.6 Å². The van der Waals surface area contributed by atoms with E-state index in [1.54, 1.807) is 0 Å². The molecule has 6 nitrogen and oxygen atoms in total. The summed E-state index contributed by atoms with van der Waals surface area (Å²) in [5.41, 5.74) is 6.68. The maximum atomic E-state index is 4.74. The molecule has 2 aliphatic heterocycles. The first-order chi connectivity index (χ1) is 15.9. The molecule has 6 rings (SSSR count). The summed E-state index contributed by atoms with van der Waals surface area (Å²) in [5, 5.41) is 7.01. The van der Waals surface area contributed by atoms with E-state index < -0.39 is 0 Å². The second kappa shape index (κ2) is 8.78. The third-order valence-corrected chi connectivity index (χ3v) is 7.87. The van der Waals surface area contributed by atoms with Crippen molar-refractivity contribution in [2.24, 2.45) is 0 Å². The maximum Gasteiger partial charge on any atom is 0.124 e. The first kappa shape index (κ1) is 20.1. The van der Waals surface area contributed by atoms with Gasteiger partial charge in [0.25, 0.3) is 0 Å². The molecule has 2 aliphatic rings. The second-order valence-corrected chi connectivity index (χ2v) is 10.1. The maximum absolute atomic E-state index is 4.74. The van der Waals surface area contributed by atoms with Crippen LogP contribution in [0.5, 0.6) is 0 Å². The lowest BCUT2D eigenvalue weighted by molar-refractivity contribution is 0.640. The fourth-order valence-electron chi connectivity index (χ4n) is 4.36. The molecule has 2 unspecified atom stereocenters. The van der Waals surface area contributed by atoms with Crippen LogP contribution in [0.3, 0.4) is 0 Å². The lowest BCUT2D eigenvalue weighted by Crippen LogP contribution is -2.15. The largest absolute Gasteiger partial charge is 0.341 e. The molecule has 2 aromatic carbocycles. The van der Waals surface area contributed by atoms with Crippen molar-refractivity contribution in [3.05, 3.63) is 72.6 Å². The van der Waals surface area contributed by atoms with Crippen LogP contribution in [0.1, 0.15) is 23.7 Å². The van der Waals surface area contributed by atoms with Crippen LogP contribution in [-0.2, 0) is 0 Å². The molecular formula is C24H24N6S2. The molecule has 2 atom stereocenters. The van der Waals surface area contributed by atoms with Crippen LogP contribution in [-0.4, -0.2) is 43.2 Å². The van der Waals surface area contributed by atoms with Gasteiger partial charge in [-0.1, -0.05) is 48.5 Å². The minimum Gasteiger partial charge on any atom is -0.341 e. The van der Waals surface area contributed by atoms with E-state index in [2.05, 4.69) is 69.1 Å². The molecular weight excluding hydrogens is 436 g/mol. The molecule has 0 radical (unpaired) electrons. The monoisotopic (exact) mass is 460 g/mol. The number of nitrogens with zero attached hydrogens (tertiary/aromatic N) is 2. The Labute approximate surface area is 195 Å². The molecule has 162 valence electrons. The van der Waals surface area contributed by atoms with Gasteiger partial charge in [0.15, 0.2) is 0 Å². The zero-order valence-corrected chi connectivity index (χ0v) is 19.1. The van der Waals surface area contributed by atoms with E-state index in [4.69, 9.17) is 9.97 Å². The van der Waals surface area contributed by atoms with Crippen LogP contribution in [0, 0.1) is 0 Å². The normalized spacial score (nSPS) is 20.8. The lowest BCUT2D eigenvalue weighted by atomic mass is 9.92. The van der Waals surface area contributed by atoms with Crippen molar-refractivity contribution in [3.63, 3.8) is 0 Å². The van der Waals surface area contributed by atoms with Crippen LogP contribution in [0.25, 0.3) is 33.6 Å². The lowest BCUT2D eigenvalue weighted by Gasteiger charge is -2.14. The first-order valence-electron chi connectivity index (χ1n) is 10.8. The number of hydrogen-bond acceptors (Lipinski definition) is 6. The second-order valence-electron chi connectivity index (χ2n) is 8.00. The molecule has 0 bridgehead atoms. The predicted molar refractivity (Wildman–Crippen MR) is 133 cm³/mol. The molecule has 4 N–H and O–H groups in total. The van der Waals surface area contributed by atoms with Crippen LogP contribution < -0.4 is 10.6 Å². The fraction of sp³-hybridized carbons (Fsp3) is 0.250. The Morgan fingerprint density at radius 3 is 1.97 bits per heavy atom. The standard InChI is InChI=1S/C24H24N6S2/c1-2-5-15(6-3-1)16-7-4-8-17(18-9-25-23(29-18)20-11-31-13-27-20)22(16)19-10-26-24(30-19)21-12-32-14-28-21/h1-10,20-21,27-28H,11-14H2,(H,25,29)(H,26,30). The molecule has 0 spiro atoms. The van der Waals surface area contributed by atoms with E-state index in [0.29, 0.717) is 0 Å². The zero-order chi connectivity index (χ0) is 21.3. The Morgan fingerprint density at radius 1 is 0.688 bits per heavy atom. The van der Waals surface area contributed by atoms with Gasteiger partial charge >= 0.3 is 0 Å². The number of aromatic amines is 2. The van der Waals surface area contributed by atoms with E-state index in [9.17, 15) is 0 Å². The average Bonchev–Trinajstić information content (AvgIpc) is 3.65. The molecule has 2 aromatic heterocycles. The van der Waals surface area contributed by atoms with Gasteiger partial charge in [0, 0.05) is 34.4 Å². The number of imidazole rings is 2. The Bertz CT molecular complexity index is 1210. The molecule has 4 heterocycles. The summed E-state index contributed by atoms with van der Waals surface area (Å²) in [6.45, 7) is 0. The molecule has 4 aromatic rings. The quantitative estimate of drug-likeness (QED) is 0.342. The van der Waals surface area contributed by atoms with E-state index >= 15 is 0 Å². The summed E-state index contributed by atoms with van der Waals surface area (Å²) in [4.78, 5) is 16.7. The number of benzene rings is 2. The third-order valence-electron chi connectivity index (χ3n) is 5.99. The fourth-order valence-corrected chi connectivity index (χ4v) is 6.25. The van der Waals surface area contributed by atoms with Crippen LogP contribution in [0.4, 0.5) is 0 Å². The predicted octanol–water partition coefficient (Wildman–Crippen LogP) is 4.80. The molecule has 0 aliphatic carbocycles. The Kier molecular flexibility index (Phi) is 5.52. The minimum atomic E-state index is 0.269. The van der Waals surface area contributed by atoms with Crippen LogP contribution in [0.15, 0.2) is 60.9 Å². The smallest absolute Gasteiger partial charge is 0.124 e. The SMILES string of the molecule is c1ccc(-c2cccc(-c3cnc(C4CSCN4)[nH]3)c2-c2cnc(C3CSCN3)[nH]2)cc1. The van der Waals surface area contributed by atoms with Gasteiger partial charge in [0.05, 0.1) is 35.9 Å². The van der Waals surface area contributed by atoms with Gasteiger partial charge in [0.2, 0.25) is 0 Å². The van der Waals surface area contributed by atoms with E-state index in [0.717, 1.165) is 57.4 Å². The van der Waals surface area contributed by atoms with Crippen molar-refractivity contribution in [2.75, 3.05) is 23.3 Å². The highest BCUT2D eigenvalue weighted by molar-refractivity contribution is 7.99. The summed E-state index contributed by atoms with van der Waals surface area (Å²) in [7, 11) is 0. The molecule has 8 heteroatoms. The van der Waals surface area contributed by atoms with Crippen LogP contribution >= 0.6 is 23.5 Å². The first-order valence-corrected chi connectivity index (χ1v) is 13.1. The summed E-state index contributed by atoms with van der Waals surface area (Å²) in [6, 6.07) is 17.6. The average molecular weight is 461 g/mol. The van der Waals surface area contributed by atoms with E-state index in [1.165, 1.54) is 11.1 Å². The minimum absolute atomic E-state index is 0.269. The van der Waals surface area contributed by atoms with Gasteiger partial charge in [-0.05, 0) is 11.1 Å². The molecule has 0 amide bonds. The van der Waals surface area contributed by atoms with Crippen LogP contribution in [0.2, 0.25) is 0 Å². The summed E-state index contributed by atoms with van der Waals surface area (Å²) >= 11 is 3.81. The van der Waals surface area contributed by atoms with Crippen molar-refractivity contribution < 1.29 is 0 Å². The number of thioether (sulfide) groups is 2.